The smallest absolute Gasteiger partial charge is 0.132 e. The summed E-state index contributed by atoms with van der Waals surface area (Å²) < 4.78 is 0. The summed E-state index contributed by atoms with van der Waals surface area (Å²) >= 11 is 0. The van der Waals surface area contributed by atoms with Crippen molar-refractivity contribution in [1.29, 1.82) is 0 Å². The lowest BCUT2D eigenvalue weighted by atomic mass is 9.77. The number of carbonyl (C=O) groups excluding carboxylic acids is 1. The summed E-state index contributed by atoms with van der Waals surface area (Å²) in [7, 11) is -1.62. The molecular weight excluding hydrogens is 320 g/mol. The number of Topliss-reactive ketones (excluding diaryl/α,β-unsaturated/α-hetero) is 1. The van der Waals surface area contributed by atoms with Crippen LogP contribution in [0.1, 0.15) is 38.5 Å². The molecule has 0 unspecified atom stereocenters. The van der Waals surface area contributed by atoms with Gasteiger partial charge in [-0.25, -0.2) is 0 Å². The summed E-state index contributed by atoms with van der Waals surface area (Å²) in [4.78, 5) is 11.6. The van der Waals surface area contributed by atoms with E-state index in [1.807, 2.05) is 0 Å². The average Bonchev–Trinajstić information content (AvgIpc) is 2.70. The van der Waals surface area contributed by atoms with Crippen LogP contribution in [0.5, 0.6) is 0 Å². The minimum atomic E-state index is -1.62. The number of hydrogen-bond acceptors (Lipinski definition) is 1. The highest BCUT2D eigenvalue weighted by Crippen LogP contribution is 2.40. The molecule has 0 bridgehead atoms. The second kappa shape index (κ2) is 7.29. The van der Waals surface area contributed by atoms with E-state index in [1.165, 1.54) is 24.9 Å². The molecule has 1 aliphatic heterocycles. The Balaban J connectivity index is 1.57. The van der Waals surface area contributed by atoms with Gasteiger partial charge in [0.05, 0.1) is 0 Å². The third kappa shape index (κ3) is 3.37. The van der Waals surface area contributed by atoms with Gasteiger partial charge in [-0.1, -0.05) is 83.9 Å². The van der Waals surface area contributed by atoms with Crippen molar-refractivity contribution in [3.63, 3.8) is 0 Å². The molecule has 25 heavy (non-hydrogen) atoms. The second-order valence-corrected chi connectivity index (χ2v) is 12.3. The predicted octanol–water partition coefficient (Wildman–Crippen LogP) is 4.42. The van der Waals surface area contributed by atoms with Crippen LogP contribution < -0.4 is 10.4 Å². The van der Waals surface area contributed by atoms with Gasteiger partial charge < -0.3 is 0 Å². The summed E-state index contributed by atoms with van der Waals surface area (Å²) in [5.74, 6) is 2.14. The molecule has 1 saturated carbocycles. The topological polar surface area (TPSA) is 17.1 Å². The maximum Gasteiger partial charge on any atom is 0.132 e. The summed E-state index contributed by atoms with van der Waals surface area (Å²) in [6, 6.07) is 25.4. The molecule has 2 fully saturated rings. The van der Waals surface area contributed by atoms with E-state index in [4.69, 9.17) is 0 Å². The fourth-order valence-electron chi connectivity index (χ4n) is 5.30. The second-order valence-electron chi connectivity index (χ2n) is 8.03. The van der Waals surface area contributed by atoms with Gasteiger partial charge in [0.25, 0.3) is 0 Å². The molecule has 0 aromatic heterocycles. The van der Waals surface area contributed by atoms with Crippen molar-refractivity contribution in [2.75, 3.05) is 0 Å². The van der Waals surface area contributed by atoms with Crippen molar-refractivity contribution in [3.8, 4) is 0 Å². The lowest BCUT2D eigenvalue weighted by Gasteiger charge is -2.42. The zero-order valence-electron chi connectivity index (χ0n) is 15.0. The Kier molecular flexibility index (Phi) is 4.89. The van der Waals surface area contributed by atoms with Gasteiger partial charge in [0.2, 0.25) is 0 Å². The Morgan fingerprint density at radius 3 is 1.56 bits per heavy atom. The first-order chi connectivity index (χ1) is 12.3. The summed E-state index contributed by atoms with van der Waals surface area (Å²) in [6.45, 7) is 0. The molecule has 0 atom stereocenters. The molecule has 1 nitrogen and oxygen atoms in total. The van der Waals surface area contributed by atoms with E-state index < -0.39 is 8.07 Å². The molecule has 1 aliphatic carbocycles. The van der Waals surface area contributed by atoms with Crippen LogP contribution >= 0.6 is 0 Å². The van der Waals surface area contributed by atoms with Gasteiger partial charge in [0.1, 0.15) is 13.9 Å². The highest BCUT2D eigenvalue weighted by molar-refractivity contribution is 7.02. The van der Waals surface area contributed by atoms with Gasteiger partial charge in [-0.15, -0.1) is 0 Å². The first-order valence-electron chi connectivity index (χ1n) is 9.91. The van der Waals surface area contributed by atoms with Crippen molar-refractivity contribution < 1.29 is 4.79 Å². The summed E-state index contributed by atoms with van der Waals surface area (Å²) in [5, 5.41) is 3.22. The van der Waals surface area contributed by atoms with E-state index >= 15 is 0 Å². The number of carbonyl (C=O) groups is 1. The zero-order valence-corrected chi connectivity index (χ0v) is 16.0. The fraction of sp³-hybridized carbons (Fsp3) is 0.435. The number of benzene rings is 2. The molecule has 2 aromatic carbocycles. The molecule has 2 aliphatic rings. The van der Waals surface area contributed by atoms with Gasteiger partial charge in [0, 0.05) is 12.8 Å². The van der Waals surface area contributed by atoms with Gasteiger partial charge in [-0.05, 0) is 36.8 Å². The van der Waals surface area contributed by atoms with E-state index in [0.29, 0.717) is 5.78 Å². The van der Waals surface area contributed by atoms with Crippen molar-refractivity contribution >= 4 is 24.2 Å². The van der Waals surface area contributed by atoms with Crippen molar-refractivity contribution in [2.24, 2.45) is 11.8 Å². The van der Waals surface area contributed by atoms with Gasteiger partial charge >= 0.3 is 0 Å². The van der Waals surface area contributed by atoms with Gasteiger partial charge in [0.15, 0.2) is 0 Å². The van der Waals surface area contributed by atoms with Crippen LogP contribution in [0.3, 0.4) is 0 Å². The minimum absolute atomic E-state index is 0.490. The number of rotatable bonds is 3. The van der Waals surface area contributed by atoms with Crippen LogP contribution in [-0.4, -0.2) is 13.9 Å². The summed E-state index contributed by atoms with van der Waals surface area (Å²) in [5.41, 5.74) is 0. The van der Waals surface area contributed by atoms with Crippen molar-refractivity contribution in [3.05, 3.63) is 60.7 Å². The Morgan fingerprint density at radius 1 is 0.640 bits per heavy atom. The lowest BCUT2D eigenvalue weighted by Crippen LogP contribution is -2.60. The van der Waals surface area contributed by atoms with Crippen LogP contribution in [0.4, 0.5) is 0 Å². The van der Waals surface area contributed by atoms with E-state index in [1.54, 1.807) is 10.4 Å². The number of ketones is 1. The lowest BCUT2D eigenvalue weighted by molar-refractivity contribution is -0.121. The van der Waals surface area contributed by atoms with Crippen LogP contribution in [0.15, 0.2) is 60.7 Å². The third-order valence-corrected chi connectivity index (χ3v) is 12.0. The molecule has 0 radical (unpaired) electrons. The Hall–Kier alpha value is -1.67. The number of hydrogen-bond donors (Lipinski definition) is 0. The normalized spacial score (nSPS) is 22.0. The minimum Gasteiger partial charge on any atom is -0.300 e. The molecule has 2 aromatic rings. The molecular formula is C23H28OSi. The molecule has 0 spiro atoms. The third-order valence-electron chi connectivity index (χ3n) is 6.79. The molecule has 1 heterocycles. The van der Waals surface area contributed by atoms with E-state index in [0.717, 1.165) is 37.5 Å². The monoisotopic (exact) mass is 348 g/mol. The highest BCUT2D eigenvalue weighted by atomic mass is 28.3. The SMILES string of the molecule is O=C1CCC(C2CC[Si](c3ccccc3)(c3ccccc3)CC2)CC1. The van der Waals surface area contributed by atoms with Crippen molar-refractivity contribution in [1.82, 2.24) is 0 Å². The molecule has 0 amide bonds. The van der Waals surface area contributed by atoms with Crippen molar-refractivity contribution in [2.45, 2.75) is 50.6 Å². The van der Waals surface area contributed by atoms with Gasteiger partial charge in [-0.3, -0.25) is 4.79 Å². The molecule has 4 rings (SSSR count). The fourth-order valence-corrected chi connectivity index (χ4v) is 10.4. The van der Waals surface area contributed by atoms with Crippen LogP contribution in [0, 0.1) is 11.8 Å². The highest BCUT2D eigenvalue weighted by Gasteiger charge is 2.42. The van der Waals surface area contributed by atoms with Crippen LogP contribution in [-0.2, 0) is 4.79 Å². The summed E-state index contributed by atoms with van der Waals surface area (Å²) in [6.07, 6.45) is 6.68. The molecule has 2 heteroatoms. The quantitative estimate of drug-likeness (QED) is 0.751. The van der Waals surface area contributed by atoms with E-state index in [-0.39, 0.29) is 0 Å². The molecule has 1 saturated heterocycles. The van der Waals surface area contributed by atoms with E-state index in [2.05, 4.69) is 60.7 Å². The average molecular weight is 349 g/mol. The zero-order chi connectivity index (χ0) is 17.1. The maximum absolute atomic E-state index is 11.6. The van der Waals surface area contributed by atoms with Gasteiger partial charge in [-0.2, -0.15) is 0 Å². The Morgan fingerprint density at radius 2 is 1.08 bits per heavy atom. The Bertz CT molecular complexity index is 650. The standard InChI is InChI=1S/C23H28OSi/c24-21-13-11-19(12-14-21)20-15-17-25(18-16-20,22-7-3-1-4-8-22)23-9-5-2-6-10-23/h1-10,19-20H,11-18H2. The Labute approximate surface area is 152 Å². The maximum atomic E-state index is 11.6. The van der Waals surface area contributed by atoms with E-state index in [9.17, 15) is 4.79 Å². The molecule has 130 valence electrons. The largest absolute Gasteiger partial charge is 0.300 e. The first kappa shape index (κ1) is 16.8. The van der Waals surface area contributed by atoms with Crippen LogP contribution in [0.2, 0.25) is 12.1 Å². The predicted molar refractivity (Wildman–Crippen MR) is 107 cm³/mol. The van der Waals surface area contributed by atoms with Crippen LogP contribution in [0.25, 0.3) is 0 Å². The molecule has 0 N–H and O–H groups in total. The first-order valence-corrected chi connectivity index (χ1v) is 12.3.